The summed E-state index contributed by atoms with van der Waals surface area (Å²) in [5, 5.41) is 0. The van der Waals surface area contributed by atoms with Gasteiger partial charge in [-0.3, -0.25) is 9.97 Å². The SMILES string of the molecule is C[C@H]1CCC(F)(F)c2c(C[C@H]3CCCc4cc(F)cnc43)ccnc21. The van der Waals surface area contributed by atoms with Gasteiger partial charge in [0.1, 0.15) is 5.82 Å². The molecular formula is C20H21F3N2. The standard InChI is InChI=1S/C20H21F3N2/c1-12-5-7-20(22,23)17-13(6-8-24-18(12)17)9-14-3-2-4-15-10-16(21)11-25-19(14)15/h6,8,10-12,14H,2-5,7,9H2,1H3/t12-,14+/m0/s1. The van der Waals surface area contributed by atoms with Gasteiger partial charge >= 0.3 is 0 Å². The second-order valence-electron chi connectivity index (χ2n) is 7.37. The van der Waals surface area contributed by atoms with Crippen LogP contribution in [-0.4, -0.2) is 9.97 Å². The molecule has 132 valence electrons. The van der Waals surface area contributed by atoms with Crippen LogP contribution in [-0.2, 0) is 18.8 Å². The van der Waals surface area contributed by atoms with Gasteiger partial charge in [0.05, 0.1) is 11.9 Å². The third-order valence-corrected chi connectivity index (χ3v) is 5.61. The molecule has 2 aromatic rings. The van der Waals surface area contributed by atoms with E-state index >= 15 is 0 Å². The summed E-state index contributed by atoms with van der Waals surface area (Å²) in [6.45, 7) is 1.96. The van der Waals surface area contributed by atoms with E-state index in [1.54, 1.807) is 12.3 Å². The third-order valence-electron chi connectivity index (χ3n) is 5.61. The fourth-order valence-electron chi connectivity index (χ4n) is 4.34. The first-order chi connectivity index (χ1) is 12.0. The van der Waals surface area contributed by atoms with Crippen molar-refractivity contribution in [3.63, 3.8) is 0 Å². The van der Waals surface area contributed by atoms with Crippen molar-refractivity contribution in [3.05, 3.63) is 58.4 Å². The van der Waals surface area contributed by atoms with Gasteiger partial charge < -0.3 is 0 Å². The van der Waals surface area contributed by atoms with Crippen LogP contribution in [0.1, 0.15) is 72.5 Å². The molecule has 0 spiro atoms. The number of nitrogens with zero attached hydrogens (tertiary/aromatic N) is 2. The molecule has 2 atom stereocenters. The number of halogens is 3. The normalized spacial score (nSPS) is 24.5. The summed E-state index contributed by atoms with van der Waals surface area (Å²) in [5.74, 6) is -3.04. The second-order valence-corrected chi connectivity index (χ2v) is 7.37. The number of aromatic nitrogens is 2. The van der Waals surface area contributed by atoms with Gasteiger partial charge in [0.25, 0.3) is 5.92 Å². The van der Waals surface area contributed by atoms with Gasteiger partial charge in [0.2, 0.25) is 0 Å². The molecular weight excluding hydrogens is 325 g/mol. The molecule has 0 radical (unpaired) electrons. The fraction of sp³-hybridized carbons (Fsp3) is 0.500. The highest BCUT2D eigenvalue weighted by molar-refractivity contribution is 5.40. The summed E-state index contributed by atoms with van der Waals surface area (Å²) in [4.78, 5) is 8.54. The Labute approximate surface area is 145 Å². The Morgan fingerprint density at radius 3 is 2.88 bits per heavy atom. The van der Waals surface area contributed by atoms with Crippen molar-refractivity contribution < 1.29 is 13.2 Å². The lowest BCUT2D eigenvalue weighted by Gasteiger charge is -2.32. The quantitative estimate of drug-likeness (QED) is 0.740. The Hall–Kier alpha value is -1.91. The van der Waals surface area contributed by atoms with E-state index < -0.39 is 5.92 Å². The maximum Gasteiger partial charge on any atom is 0.275 e. The average Bonchev–Trinajstić information content (AvgIpc) is 2.58. The molecule has 0 unspecified atom stereocenters. The summed E-state index contributed by atoms with van der Waals surface area (Å²) in [7, 11) is 0. The molecule has 5 heteroatoms. The number of hydrogen-bond donors (Lipinski definition) is 0. The lowest BCUT2D eigenvalue weighted by molar-refractivity contribution is -0.0263. The highest BCUT2D eigenvalue weighted by Gasteiger charge is 2.42. The number of aryl methyl sites for hydroxylation is 1. The minimum absolute atomic E-state index is 0.0560. The molecule has 25 heavy (non-hydrogen) atoms. The van der Waals surface area contributed by atoms with Crippen LogP contribution in [0.3, 0.4) is 0 Å². The molecule has 2 aromatic heterocycles. The number of hydrogen-bond acceptors (Lipinski definition) is 2. The first-order valence-electron chi connectivity index (χ1n) is 8.96. The number of fused-ring (bicyclic) bond motifs is 2. The highest BCUT2D eigenvalue weighted by atomic mass is 19.3. The van der Waals surface area contributed by atoms with E-state index in [1.165, 1.54) is 12.3 Å². The van der Waals surface area contributed by atoms with Crippen molar-refractivity contribution in [3.8, 4) is 0 Å². The van der Waals surface area contributed by atoms with E-state index in [2.05, 4.69) is 9.97 Å². The lowest BCUT2D eigenvalue weighted by Crippen LogP contribution is -2.27. The largest absolute Gasteiger partial charge is 0.275 e. The van der Waals surface area contributed by atoms with Gasteiger partial charge in [0, 0.05) is 29.8 Å². The zero-order chi connectivity index (χ0) is 17.6. The summed E-state index contributed by atoms with van der Waals surface area (Å²) in [5.41, 5.74) is 3.12. The van der Waals surface area contributed by atoms with Crippen LogP contribution in [0.15, 0.2) is 24.5 Å². The molecule has 2 heterocycles. The topological polar surface area (TPSA) is 25.8 Å². The highest BCUT2D eigenvalue weighted by Crippen LogP contribution is 2.46. The summed E-state index contributed by atoms with van der Waals surface area (Å²) in [6.07, 6.45) is 6.36. The number of alkyl halides is 2. The van der Waals surface area contributed by atoms with Gasteiger partial charge in [-0.25, -0.2) is 13.2 Å². The summed E-state index contributed by atoms with van der Waals surface area (Å²) in [6, 6.07) is 3.26. The zero-order valence-corrected chi connectivity index (χ0v) is 14.2. The molecule has 2 nitrogen and oxygen atoms in total. The molecule has 2 aliphatic carbocycles. The molecule has 0 saturated heterocycles. The van der Waals surface area contributed by atoms with Crippen LogP contribution < -0.4 is 0 Å². The Morgan fingerprint density at radius 1 is 1.20 bits per heavy atom. The van der Waals surface area contributed by atoms with E-state index in [0.717, 1.165) is 30.5 Å². The lowest BCUT2D eigenvalue weighted by atomic mass is 9.78. The first kappa shape index (κ1) is 16.6. The van der Waals surface area contributed by atoms with Gasteiger partial charge in [-0.15, -0.1) is 0 Å². The van der Waals surface area contributed by atoms with E-state index in [4.69, 9.17) is 0 Å². The van der Waals surface area contributed by atoms with Gasteiger partial charge in [-0.1, -0.05) is 6.92 Å². The predicted molar refractivity (Wildman–Crippen MR) is 89.4 cm³/mol. The Bertz CT molecular complexity index is 804. The van der Waals surface area contributed by atoms with Crippen molar-refractivity contribution >= 4 is 0 Å². The van der Waals surface area contributed by atoms with Crippen LogP contribution in [0, 0.1) is 5.82 Å². The minimum atomic E-state index is -2.82. The molecule has 0 bridgehead atoms. The molecule has 0 aliphatic heterocycles. The van der Waals surface area contributed by atoms with Crippen molar-refractivity contribution in [2.24, 2.45) is 0 Å². The fourth-order valence-corrected chi connectivity index (χ4v) is 4.34. The van der Waals surface area contributed by atoms with E-state index in [0.29, 0.717) is 24.1 Å². The summed E-state index contributed by atoms with van der Waals surface area (Å²) >= 11 is 0. The monoisotopic (exact) mass is 346 g/mol. The maximum absolute atomic E-state index is 14.6. The van der Waals surface area contributed by atoms with Crippen LogP contribution in [0.25, 0.3) is 0 Å². The summed E-state index contributed by atoms with van der Waals surface area (Å²) < 4.78 is 42.7. The Kier molecular flexibility index (Phi) is 4.05. The molecule has 0 fully saturated rings. The smallest absolute Gasteiger partial charge is 0.260 e. The predicted octanol–water partition coefficient (Wildman–Crippen LogP) is 5.27. The van der Waals surface area contributed by atoms with Crippen LogP contribution in [0.4, 0.5) is 13.2 Å². The number of pyridine rings is 2. The van der Waals surface area contributed by atoms with E-state index in [-0.39, 0.29) is 29.6 Å². The van der Waals surface area contributed by atoms with Gasteiger partial charge in [-0.05, 0) is 61.3 Å². The molecule has 0 amide bonds. The molecule has 2 aliphatic rings. The van der Waals surface area contributed by atoms with Crippen molar-refractivity contribution in [2.75, 3.05) is 0 Å². The number of rotatable bonds is 2. The first-order valence-corrected chi connectivity index (χ1v) is 8.96. The molecule has 0 aromatic carbocycles. The zero-order valence-electron chi connectivity index (χ0n) is 14.2. The molecule has 4 rings (SSSR count). The van der Waals surface area contributed by atoms with Crippen molar-refractivity contribution in [1.82, 2.24) is 9.97 Å². The molecule has 0 saturated carbocycles. The van der Waals surface area contributed by atoms with Crippen LogP contribution in [0.5, 0.6) is 0 Å². The van der Waals surface area contributed by atoms with E-state index in [1.807, 2.05) is 6.92 Å². The van der Waals surface area contributed by atoms with Crippen molar-refractivity contribution in [2.45, 2.75) is 63.2 Å². The van der Waals surface area contributed by atoms with E-state index in [9.17, 15) is 13.2 Å². The Balaban J connectivity index is 1.73. The van der Waals surface area contributed by atoms with Gasteiger partial charge in [0.15, 0.2) is 0 Å². The van der Waals surface area contributed by atoms with Crippen LogP contribution >= 0.6 is 0 Å². The van der Waals surface area contributed by atoms with Crippen LogP contribution in [0.2, 0.25) is 0 Å². The third kappa shape index (κ3) is 2.94. The maximum atomic E-state index is 14.6. The second kappa shape index (κ2) is 6.11. The minimum Gasteiger partial charge on any atom is -0.260 e. The average molecular weight is 346 g/mol. The molecule has 0 N–H and O–H groups in total. The van der Waals surface area contributed by atoms with Crippen molar-refractivity contribution in [1.29, 1.82) is 0 Å². The van der Waals surface area contributed by atoms with Gasteiger partial charge in [-0.2, -0.15) is 0 Å². The Morgan fingerprint density at radius 2 is 2.04 bits per heavy atom.